The van der Waals surface area contributed by atoms with Crippen LogP contribution in [0, 0.1) is 12.8 Å². The normalized spacial score (nSPS) is 11.7. The zero-order valence-electron chi connectivity index (χ0n) is 16.2. The number of aromatic nitrogens is 1. The Hall–Kier alpha value is -2.08. The van der Waals surface area contributed by atoms with E-state index in [2.05, 4.69) is 45.9 Å². The number of hydrogen-bond donors (Lipinski definition) is 2. The number of benzene rings is 1. The number of ether oxygens (including phenoxy) is 1. The smallest absolute Gasteiger partial charge is 0.191 e. The van der Waals surface area contributed by atoms with Crippen molar-refractivity contribution in [3.63, 3.8) is 0 Å². The highest BCUT2D eigenvalue weighted by molar-refractivity contribution is 7.09. The second-order valence-electron chi connectivity index (χ2n) is 6.60. The van der Waals surface area contributed by atoms with Gasteiger partial charge in [-0.05, 0) is 25.3 Å². The maximum absolute atomic E-state index is 5.95. The molecule has 142 valence electrons. The van der Waals surface area contributed by atoms with E-state index in [1.54, 1.807) is 18.4 Å². The quantitative estimate of drug-likeness (QED) is 0.518. The molecular formula is C20H30N4OS. The maximum atomic E-state index is 5.95. The molecule has 0 radical (unpaired) electrons. The molecular weight excluding hydrogens is 344 g/mol. The van der Waals surface area contributed by atoms with Crippen LogP contribution in [0.3, 0.4) is 0 Å². The van der Waals surface area contributed by atoms with E-state index in [0.717, 1.165) is 54.0 Å². The van der Waals surface area contributed by atoms with Crippen LogP contribution < -0.4 is 15.4 Å². The second-order valence-corrected chi connectivity index (χ2v) is 7.66. The van der Waals surface area contributed by atoms with E-state index in [1.807, 2.05) is 25.1 Å². The van der Waals surface area contributed by atoms with Gasteiger partial charge in [-0.2, -0.15) is 0 Å². The van der Waals surface area contributed by atoms with Crippen LogP contribution in [0.2, 0.25) is 0 Å². The number of rotatable bonds is 9. The SMILES string of the molecule is CN=C(NCCc1csc(C)n1)NCc1ccccc1OCCC(C)C. The van der Waals surface area contributed by atoms with Gasteiger partial charge in [0.2, 0.25) is 0 Å². The molecule has 1 heterocycles. The molecule has 0 bridgehead atoms. The molecule has 2 rings (SSSR count). The summed E-state index contributed by atoms with van der Waals surface area (Å²) >= 11 is 1.69. The summed E-state index contributed by atoms with van der Waals surface area (Å²) in [6.45, 7) is 8.67. The Bertz CT molecular complexity index is 697. The lowest BCUT2D eigenvalue weighted by Crippen LogP contribution is -2.38. The topological polar surface area (TPSA) is 58.5 Å². The van der Waals surface area contributed by atoms with Gasteiger partial charge in [0.15, 0.2) is 5.96 Å². The lowest BCUT2D eigenvalue weighted by Gasteiger charge is -2.15. The third-order valence-electron chi connectivity index (χ3n) is 3.94. The Morgan fingerprint density at radius 1 is 1.27 bits per heavy atom. The molecule has 6 heteroatoms. The van der Waals surface area contributed by atoms with Crippen LogP contribution in [-0.4, -0.2) is 31.1 Å². The fourth-order valence-electron chi connectivity index (χ4n) is 2.43. The van der Waals surface area contributed by atoms with Crippen molar-refractivity contribution in [2.24, 2.45) is 10.9 Å². The summed E-state index contributed by atoms with van der Waals surface area (Å²) < 4.78 is 5.95. The van der Waals surface area contributed by atoms with Crippen molar-refractivity contribution in [3.8, 4) is 5.75 Å². The van der Waals surface area contributed by atoms with Gasteiger partial charge in [-0.3, -0.25) is 4.99 Å². The first kappa shape index (κ1) is 20.2. The van der Waals surface area contributed by atoms with Crippen molar-refractivity contribution in [2.75, 3.05) is 20.2 Å². The number of nitrogens with zero attached hydrogens (tertiary/aromatic N) is 2. The highest BCUT2D eigenvalue weighted by Crippen LogP contribution is 2.18. The van der Waals surface area contributed by atoms with Crippen LogP contribution in [-0.2, 0) is 13.0 Å². The van der Waals surface area contributed by atoms with E-state index in [0.29, 0.717) is 12.5 Å². The summed E-state index contributed by atoms with van der Waals surface area (Å²) in [6.07, 6.45) is 1.95. The third kappa shape index (κ3) is 7.04. The van der Waals surface area contributed by atoms with E-state index >= 15 is 0 Å². The first-order valence-electron chi connectivity index (χ1n) is 9.14. The molecule has 0 saturated heterocycles. The Balaban J connectivity index is 1.80. The summed E-state index contributed by atoms with van der Waals surface area (Å²) in [5, 5.41) is 9.91. The van der Waals surface area contributed by atoms with Gasteiger partial charge >= 0.3 is 0 Å². The molecule has 0 atom stereocenters. The van der Waals surface area contributed by atoms with Gasteiger partial charge in [-0.1, -0.05) is 32.0 Å². The standard InChI is InChI=1S/C20H30N4OS/c1-15(2)10-12-25-19-8-6-5-7-17(19)13-23-20(21-4)22-11-9-18-14-26-16(3)24-18/h5-8,14-15H,9-13H2,1-4H3,(H2,21,22,23). The average Bonchev–Trinajstić information content (AvgIpc) is 3.04. The first-order valence-corrected chi connectivity index (χ1v) is 10.0. The highest BCUT2D eigenvalue weighted by atomic mass is 32.1. The summed E-state index contributed by atoms with van der Waals surface area (Å²) in [4.78, 5) is 8.77. The van der Waals surface area contributed by atoms with Gasteiger partial charge in [-0.15, -0.1) is 11.3 Å². The molecule has 0 fully saturated rings. The van der Waals surface area contributed by atoms with Crippen molar-refractivity contribution >= 4 is 17.3 Å². The minimum absolute atomic E-state index is 0.643. The number of nitrogens with one attached hydrogen (secondary N) is 2. The van der Waals surface area contributed by atoms with E-state index < -0.39 is 0 Å². The van der Waals surface area contributed by atoms with Gasteiger partial charge in [0, 0.05) is 37.5 Å². The van der Waals surface area contributed by atoms with E-state index in [-0.39, 0.29) is 0 Å². The van der Waals surface area contributed by atoms with E-state index in [1.165, 1.54) is 0 Å². The molecule has 0 unspecified atom stereocenters. The van der Waals surface area contributed by atoms with Crippen LogP contribution in [0.25, 0.3) is 0 Å². The van der Waals surface area contributed by atoms with E-state index in [9.17, 15) is 0 Å². The zero-order valence-corrected chi connectivity index (χ0v) is 17.0. The van der Waals surface area contributed by atoms with Crippen LogP contribution in [0.1, 0.15) is 36.5 Å². The number of aryl methyl sites for hydroxylation is 1. The van der Waals surface area contributed by atoms with Gasteiger partial charge in [-0.25, -0.2) is 4.98 Å². The molecule has 2 N–H and O–H groups in total. The molecule has 0 saturated carbocycles. The number of para-hydroxylation sites is 1. The molecule has 0 aliphatic carbocycles. The molecule has 0 amide bonds. The molecule has 5 nitrogen and oxygen atoms in total. The summed E-state index contributed by atoms with van der Waals surface area (Å²) in [5.74, 6) is 2.37. The van der Waals surface area contributed by atoms with Crippen LogP contribution >= 0.6 is 11.3 Å². The van der Waals surface area contributed by atoms with Crippen LogP contribution in [0.5, 0.6) is 5.75 Å². The van der Waals surface area contributed by atoms with E-state index in [4.69, 9.17) is 4.74 Å². The van der Waals surface area contributed by atoms with Gasteiger partial charge in [0.25, 0.3) is 0 Å². The predicted molar refractivity (Wildman–Crippen MR) is 110 cm³/mol. The Morgan fingerprint density at radius 2 is 2.08 bits per heavy atom. The predicted octanol–water partition coefficient (Wildman–Crippen LogP) is 3.78. The molecule has 0 spiro atoms. The van der Waals surface area contributed by atoms with Crippen molar-refractivity contribution in [2.45, 2.75) is 40.2 Å². The monoisotopic (exact) mass is 374 g/mol. The van der Waals surface area contributed by atoms with Crippen molar-refractivity contribution < 1.29 is 4.74 Å². The minimum atomic E-state index is 0.643. The van der Waals surface area contributed by atoms with Gasteiger partial charge in [0.05, 0.1) is 17.3 Å². The molecule has 1 aromatic carbocycles. The van der Waals surface area contributed by atoms with Crippen LogP contribution in [0.15, 0.2) is 34.6 Å². The molecule has 0 aliphatic heterocycles. The Morgan fingerprint density at radius 3 is 2.77 bits per heavy atom. The Kier molecular flexibility index (Phi) is 8.41. The van der Waals surface area contributed by atoms with Crippen molar-refractivity contribution in [1.29, 1.82) is 0 Å². The molecule has 1 aromatic heterocycles. The van der Waals surface area contributed by atoms with Crippen molar-refractivity contribution in [3.05, 3.63) is 45.9 Å². The third-order valence-corrected chi connectivity index (χ3v) is 4.76. The largest absolute Gasteiger partial charge is 0.493 e. The summed E-state index contributed by atoms with van der Waals surface area (Å²) in [7, 11) is 1.79. The maximum Gasteiger partial charge on any atom is 0.191 e. The molecule has 2 aromatic rings. The minimum Gasteiger partial charge on any atom is -0.493 e. The number of thiazole rings is 1. The fourth-order valence-corrected chi connectivity index (χ4v) is 3.07. The molecule has 26 heavy (non-hydrogen) atoms. The second kappa shape index (κ2) is 10.8. The number of guanidine groups is 1. The Labute approximate surface area is 160 Å². The zero-order chi connectivity index (χ0) is 18.8. The van der Waals surface area contributed by atoms with Gasteiger partial charge < -0.3 is 15.4 Å². The summed E-state index contributed by atoms with van der Waals surface area (Å²) in [6, 6.07) is 8.16. The first-order chi connectivity index (χ1) is 12.6. The van der Waals surface area contributed by atoms with Crippen molar-refractivity contribution in [1.82, 2.24) is 15.6 Å². The fraction of sp³-hybridized carbons (Fsp3) is 0.500. The average molecular weight is 375 g/mol. The summed E-state index contributed by atoms with van der Waals surface area (Å²) in [5.41, 5.74) is 2.26. The molecule has 0 aliphatic rings. The van der Waals surface area contributed by atoms with Gasteiger partial charge in [0.1, 0.15) is 5.75 Å². The van der Waals surface area contributed by atoms with Crippen LogP contribution in [0.4, 0.5) is 0 Å². The highest BCUT2D eigenvalue weighted by Gasteiger charge is 2.06. The lowest BCUT2D eigenvalue weighted by atomic mass is 10.1. The lowest BCUT2D eigenvalue weighted by molar-refractivity contribution is 0.286. The number of aliphatic imine (C=N–C) groups is 1. The number of hydrogen-bond acceptors (Lipinski definition) is 4.